The zero-order valence-electron chi connectivity index (χ0n) is 21.3. The minimum atomic E-state index is 0.0581. The molecule has 0 saturated carbocycles. The van der Waals surface area contributed by atoms with Gasteiger partial charge < -0.3 is 15.0 Å². The molecular weight excluding hydrogens is 448 g/mol. The molecule has 1 amide bonds. The van der Waals surface area contributed by atoms with Gasteiger partial charge in [0.05, 0.1) is 12.6 Å². The maximum atomic E-state index is 12.7. The summed E-state index contributed by atoms with van der Waals surface area (Å²) < 4.78 is 5.31. The van der Waals surface area contributed by atoms with E-state index in [0.717, 1.165) is 47.4 Å². The van der Waals surface area contributed by atoms with E-state index in [9.17, 15) is 4.79 Å². The summed E-state index contributed by atoms with van der Waals surface area (Å²) in [5, 5.41) is 4.06. The number of hydrogen-bond donors (Lipinski definition) is 1. The summed E-state index contributed by atoms with van der Waals surface area (Å²) >= 11 is 0. The molecule has 0 aliphatic carbocycles. The molecular formula is C30H34N4O2. The van der Waals surface area contributed by atoms with Crippen molar-refractivity contribution >= 4 is 22.6 Å². The summed E-state index contributed by atoms with van der Waals surface area (Å²) in [6, 6.07) is 26.4. The number of ether oxygens (including phenoxy) is 1. The Morgan fingerprint density at radius 3 is 2.39 bits per heavy atom. The number of carbonyl (C=O) groups is 1. The van der Waals surface area contributed by atoms with E-state index in [4.69, 9.17) is 14.7 Å². The largest absolute Gasteiger partial charge is 0.497 e. The molecule has 1 heterocycles. The second-order valence-corrected chi connectivity index (χ2v) is 8.97. The number of benzene rings is 3. The van der Waals surface area contributed by atoms with E-state index in [1.807, 2.05) is 55.5 Å². The monoisotopic (exact) mass is 482 g/mol. The highest BCUT2D eigenvalue weighted by atomic mass is 16.5. The van der Waals surface area contributed by atoms with Crippen molar-refractivity contribution in [2.45, 2.75) is 39.2 Å². The van der Waals surface area contributed by atoms with E-state index >= 15 is 0 Å². The molecule has 0 aliphatic rings. The van der Waals surface area contributed by atoms with Gasteiger partial charge in [-0.15, -0.1) is 0 Å². The van der Waals surface area contributed by atoms with E-state index in [1.54, 1.807) is 7.11 Å². The van der Waals surface area contributed by atoms with E-state index in [0.29, 0.717) is 18.8 Å². The zero-order chi connectivity index (χ0) is 25.3. The molecule has 1 N–H and O–H groups in total. The fourth-order valence-electron chi connectivity index (χ4n) is 4.09. The van der Waals surface area contributed by atoms with E-state index in [2.05, 4.69) is 47.5 Å². The highest BCUT2D eigenvalue weighted by Gasteiger charge is 2.17. The summed E-state index contributed by atoms with van der Waals surface area (Å²) in [5.74, 6) is 2.35. The molecule has 0 radical (unpaired) electrons. The van der Waals surface area contributed by atoms with Crippen molar-refractivity contribution in [3.63, 3.8) is 0 Å². The molecule has 0 fully saturated rings. The van der Waals surface area contributed by atoms with Crippen LogP contribution in [-0.2, 0) is 11.2 Å². The molecule has 186 valence electrons. The van der Waals surface area contributed by atoms with Crippen LogP contribution < -0.4 is 15.0 Å². The minimum absolute atomic E-state index is 0.0581. The van der Waals surface area contributed by atoms with Crippen molar-refractivity contribution in [1.82, 2.24) is 15.3 Å². The van der Waals surface area contributed by atoms with E-state index < -0.39 is 0 Å². The first-order valence-electron chi connectivity index (χ1n) is 12.6. The van der Waals surface area contributed by atoms with Crippen LogP contribution in [0.25, 0.3) is 22.3 Å². The summed E-state index contributed by atoms with van der Waals surface area (Å²) in [7, 11) is 1.65. The first-order chi connectivity index (χ1) is 17.6. The van der Waals surface area contributed by atoms with Crippen molar-refractivity contribution in [3.05, 3.63) is 84.4 Å². The number of rotatable bonds is 11. The Hall–Kier alpha value is -3.93. The fourth-order valence-corrected chi connectivity index (χ4v) is 4.09. The molecule has 1 atom stereocenters. The molecule has 3 aromatic carbocycles. The highest BCUT2D eigenvalue weighted by Crippen LogP contribution is 2.29. The SMILES string of the molecule is CC[C@H](C)NC(=O)CCN(CCc1ccccc1)c1nc(-c2ccc(OC)cc2)nc2ccccc12. The first-order valence-corrected chi connectivity index (χ1v) is 12.6. The van der Waals surface area contributed by atoms with Gasteiger partial charge in [-0.2, -0.15) is 0 Å². The molecule has 4 aromatic rings. The van der Waals surface area contributed by atoms with Crippen LogP contribution in [0.1, 0.15) is 32.3 Å². The molecule has 0 aliphatic heterocycles. The first kappa shape index (κ1) is 25.2. The molecule has 6 nitrogen and oxygen atoms in total. The van der Waals surface area contributed by atoms with Gasteiger partial charge in [0.15, 0.2) is 5.82 Å². The molecule has 0 saturated heterocycles. The standard InChI is InChI=1S/C30H34N4O2/c1-4-22(2)31-28(35)19-21-34(20-18-23-10-6-5-7-11-23)30-26-12-8-9-13-27(26)32-29(33-30)24-14-16-25(36-3)17-15-24/h5-17,22H,4,18-21H2,1-3H3,(H,31,35)/t22-/m0/s1. The van der Waals surface area contributed by atoms with Gasteiger partial charge in [-0.3, -0.25) is 4.79 Å². The zero-order valence-corrected chi connectivity index (χ0v) is 21.3. The smallest absolute Gasteiger partial charge is 0.221 e. The van der Waals surface area contributed by atoms with Crippen molar-refractivity contribution in [3.8, 4) is 17.1 Å². The van der Waals surface area contributed by atoms with Crippen LogP contribution in [0.2, 0.25) is 0 Å². The Kier molecular flexibility index (Phi) is 8.50. The Labute approximate surface area is 213 Å². The third-order valence-electron chi connectivity index (χ3n) is 6.37. The van der Waals surface area contributed by atoms with Crippen LogP contribution >= 0.6 is 0 Å². The van der Waals surface area contributed by atoms with Crippen LogP contribution in [0.3, 0.4) is 0 Å². The summed E-state index contributed by atoms with van der Waals surface area (Å²) in [6.07, 6.45) is 2.16. The van der Waals surface area contributed by atoms with Gasteiger partial charge in [0.1, 0.15) is 11.6 Å². The number of amides is 1. The predicted molar refractivity (Wildman–Crippen MR) is 146 cm³/mol. The normalized spacial score (nSPS) is 11.8. The number of nitrogens with zero attached hydrogens (tertiary/aromatic N) is 3. The summed E-state index contributed by atoms with van der Waals surface area (Å²) in [6.45, 7) is 5.41. The molecule has 0 spiro atoms. The van der Waals surface area contributed by atoms with E-state index in [-0.39, 0.29) is 11.9 Å². The molecule has 6 heteroatoms. The van der Waals surface area contributed by atoms with Gasteiger partial charge in [-0.05, 0) is 61.7 Å². The third kappa shape index (κ3) is 6.39. The van der Waals surface area contributed by atoms with Gasteiger partial charge in [0.25, 0.3) is 0 Å². The Morgan fingerprint density at radius 2 is 1.67 bits per heavy atom. The number of methoxy groups -OCH3 is 1. The van der Waals surface area contributed by atoms with Crippen LogP contribution in [0.15, 0.2) is 78.9 Å². The van der Waals surface area contributed by atoms with Gasteiger partial charge in [-0.1, -0.05) is 49.4 Å². The van der Waals surface area contributed by atoms with Crippen molar-refractivity contribution < 1.29 is 9.53 Å². The Balaban J connectivity index is 1.69. The summed E-state index contributed by atoms with van der Waals surface area (Å²) in [4.78, 5) is 24.8. The third-order valence-corrected chi connectivity index (χ3v) is 6.37. The number of aromatic nitrogens is 2. The number of fused-ring (bicyclic) bond motifs is 1. The van der Waals surface area contributed by atoms with Gasteiger partial charge in [-0.25, -0.2) is 9.97 Å². The molecule has 0 unspecified atom stereocenters. The van der Waals surface area contributed by atoms with Crippen LogP contribution in [0.5, 0.6) is 5.75 Å². The van der Waals surface area contributed by atoms with Crippen LogP contribution in [0, 0.1) is 0 Å². The topological polar surface area (TPSA) is 67.4 Å². The quantitative estimate of drug-likeness (QED) is 0.299. The average molecular weight is 483 g/mol. The lowest BCUT2D eigenvalue weighted by Gasteiger charge is -2.26. The van der Waals surface area contributed by atoms with Gasteiger partial charge in [0, 0.05) is 36.5 Å². The molecule has 1 aromatic heterocycles. The number of nitrogens with one attached hydrogen (secondary N) is 1. The van der Waals surface area contributed by atoms with E-state index in [1.165, 1.54) is 5.56 Å². The van der Waals surface area contributed by atoms with Crippen LogP contribution in [0.4, 0.5) is 5.82 Å². The maximum absolute atomic E-state index is 12.7. The van der Waals surface area contributed by atoms with Gasteiger partial charge >= 0.3 is 0 Å². The van der Waals surface area contributed by atoms with Crippen molar-refractivity contribution in [1.29, 1.82) is 0 Å². The lowest BCUT2D eigenvalue weighted by Crippen LogP contribution is -2.36. The lowest BCUT2D eigenvalue weighted by molar-refractivity contribution is -0.121. The second kappa shape index (κ2) is 12.2. The lowest BCUT2D eigenvalue weighted by atomic mass is 10.1. The number of para-hydroxylation sites is 1. The molecule has 36 heavy (non-hydrogen) atoms. The van der Waals surface area contributed by atoms with Crippen molar-refractivity contribution in [2.24, 2.45) is 0 Å². The average Bonchev–Trinajstić information content (AvgIpc) is 2.93. The van der Waals surface area contributed by atoms with Crippen molar-refractivity contribution in [2.75, 3.05) is 25.1 Å². The Bertz CT molecular complexity index is 1280. The summed E-state index contributed by atoms with van der Waals surface area (Å²) in [5.41, 5.74) is 3.04. The minimum Gasteiger partial charge on any atom is -0.497 e. The Morgan fingerprint density at radius 1 is 0.944 bits per heavy atom. The number of hydrogen-bond acceptors (Lipinski definition) is 5. The highest BCUT2D eigenvalue weighted by molar-refractivity contribution is 5.91. The number of carbonyl (C=O) groups excluding carboxylic acids is 1. The molecule has 4 rings (SSSR count). The van der Waals surface area contributed by atoms with Crippen LogP contribution in [-0.4, -0.2) is 42.1 Å². The van der Waals surface area contributed by atoms with Gasteiger partial charge in [0.2, 0.25) is 5.91 Å². The maximum Gasteiger partial charge on any atom is 0.221 e. The second-order valence-electron chi connectivity index (χ2n) is 8.97. The molecule has 0 bridgehead atoms. The predicted octanol–water partition coefficient (Wildman–Crippen LogP) is 5.66. The fraction of sp³-hybridized carbons (Fsp3) is 0.300. The number of anilines is 1.